The molecule has 2 aromatic carbocycles. The third kappa shape index (κ3) is 3.36. The number of nitrogens with zero attached hydrogens (tertiary/aromatic N) is 1. The topological polar surface area (TPSA) is 72.2 Å². The summed E-state index contributed by atoms with van der Waals surface area (Å²) in [6.07, 6.45) is 1.21. The maximum atomic E-state index is 12.5. The van der Waals surface area contributed by atoms with Gasteiger partial charge in [-0.1, -0.05) is 23.7 Å². The van der Waals surface area contributed by atoms with E-state index in [1.165, 1.54) is 13.3 Å². The van der Waals surface area contributed by atoms with Crippen molar-refractivity contribution in [3.05, 3.63) is 71.2 Å². The van der Waals surface area contributed by atoms with Crippen molar-refractivity contribution in [3.8, 4) is 11.3 Å². The number of benzene rings is 2. The maximum Gasteiger partial charge on any atom is 0.278 e. The van der Waals surface area contributed by atoms with Crippen LogP contribution in [0.3, 0.4) is 0 Å². The Morgan fingerprint density at radius 1 is 1.12 bits per heavy atom. The van der Waals surface area contributed by atoms with Crippen LogP contribution in [0.15, 0.2) is 59.3 Å². The smallest absolute Gasteiger partial charge is 0.278 e. The normalized spacial score (nSPS) is 10.4. The summed E-state index contributed by atoms with van der Waals surface area (Å²) >= 11 is 5.87. The van der Waals surface area contributed by atoms with Gasteiger partial charge in [-0.3, -0.25) is 9.59 Å². The van der Waals surface area contributed by atoms with Crippen LogP contribution in [0, 0.1) is 0 Å². The van der Waals surface area contributed by atoms with Crippen molar-refractivity contribution in [2.45, 2.75) is 6.92 Å². The lowest BCUT2D eigenvalue weighted by molar-refractivity contribution is 0.100. The molecular formula is C18H13ClN2O3. The summed E-state index contributed by atoms with van der Waals surface area (Å²) in [6.45, 7) is 1.47. The Bertz CT molecular complexity index is 901. The largest absolute Gasteiger partial charge is 0.443 e. The highest BCUT2D eigenvalue weighted by atomic mass is 35.5. The Morgan fingerprint density at radius 2 is 1.88 bits per heavy atom. The second-order valence-corrected chi connectivity index (χ2v) is 5.56. The number of oxazole rings is 1. The van der Waals surface area contributed by atoms with Crippen LogP contribution in [-0.4, -0.2) is 16.7 Å². The number of Topliss-reactive ketones (excluding diaryl/α,β-unsaturated/α-hetero) is 1. The fraction of sp³-hybridized carbons (Fsp3) is 0.0556. The summed E-state index contributed by atoms with van der Waals surface area (Å²) in [4.78, 5) is 27.9. The van der Waals surface area contributed by atoms with Crippen molar-refractivity contribution >= 4 is 29.0 Å². The fourth-order valence-corrected chi connectivity index (χ4v) is 2.35. The van der Waals surface area contributed by atoms with Crippen LogP contribution in [0.25, 0.3) is 11.3 Å². The first kappa shape index (κ1) is 16.0. The van der Waals surface area contributed by atoms with E-state index in [0.717, 1.165) is 0 Å². The molecule has 3 rings (SSSR count). The molecule has 0 aliphatic carbocycles. The summed E-state index contributed by atoms with van der Waals surface area (Å²) < 4.78 is 5.34. The molecule has 1 amide bonds. The molecule has 0 saturated carbocycles. The molecule has 0 fully saturated rings. The number of carbonyl (C=O) groups excluding carboxylic acids is 2. The standard InChI is InChI=1S/C18H13ClN2O3/c1-11(22)13-3-2-4-15(9-13)21-18(23)16-17(24-10-20-16)12-5-7-14(19)8-6-12/h2-10H,1H3,(H,21,23). The zero-order valence-corrected chi connectivity index (χ0v) is 13.5. The summed E-state index contributed by atoms with van der Waals surface area (Å²) in [7, 11) is 0. The maximum absolute atomic E-state index is 12.5. The second kappa shape index (κ2) is 6.68. The first-order chi connectivity index (χ1) is 11.5. The molecule has 1 N–H and O–H groups in total. The van der Waals surface area contributed by atoms with Crippen molar-refractivity contribution < 1.29 is 14.0 Å². The van der Waals surface area contributed by atoms with Crippen molar-refractivity contribution in [3.63, 3.8) is 0 Å². The van der Waals surface area contributed by atoms with Crippen LogP contribution in [0.1, 0.15) is 27.8 Å². The van der Waals surface area contributed by atoms with Crippen molar-refractivity contribution in [2.75, 3.05) is 5.32 Å². The predicted octanol–water partition coefficient (Wildman–Crippen LogP) is 4.45. The highest BCUT2D eigenvalue weighted by Gasteiger charge is 2.18. The lowest BCUT2D eigenvalue weighted by atomic mass is 10.1. The number of rotatable bonds is 4. The van der Waals surface area contributed by atoms with Crippen LogP contribution in [0.4, 0.5) is 5.69 Å². The Kier molecular flexibility index (Phi) is 4.44. The number of hydrogen-bond donors (Lipinski definition) is 1. The van der Waals surface area contributed by atoms with E-state index in [2.05, 4.69) is 10.3 Å². The van der Waals surface area contributed by atoms with Gasteiger partial charge >= 0.3 is 0 Å². The van der Waals surface area contributed by atoms with Gasteiger partial charge in [0.2, 0.25) is 0 Å². The monoisotopic (exact) mass is 340 g/mol. The molecular weight excluding hydrogens is 328 g/mol. The highest BCUT2D eigenvalue weighted by molar-refractivity contribution is 6.30. The Labute approximate surface area is 143 Å². The molecule has 0 bridgehead atoms. The number of aromatic nitrogens is 1. The zero-order valence-electron chi connectivity index (χ0n) is 12.7. The molecule has 0 spiro atoms. The molecule has 0 unspecified atom stereocenters. The van der Waals surface area contributed by atoms with Crippen LogP contribution >= 0.6 is 11.6 Å². The zero-order chi connectivity index (χ0) is 17.1. The molecule has 0 saturated heterocycles. The lowest BCUT2D eigenvalue weighted by Gasteiger charge is -2.06. The van der Waals surface area contributed by atoms with E-state index in [-0.39, 0.29) is 11.5 Å². The average molecular weight is 341 g/mol. The number of amides is 1. The molecule has 5 nitrogen and oxygen atoms in total. The number of carbonyl (C=O) groups is 2. The van der Waals surface area contributed by atoms with Crippen LogP contribution in [0.2, 0.25) is 5.02 Å². The van der Waals surface area contributed by atoms with Crippen LogP contribution < -0.4 is 5.32 Å². The Hall–Kier alpha value is -2.92. The van der Waals surface area contributed by atoms with E-state index in [1.807, 2.05) is 0 Å². The molecule has 0 aliphatic rings. The molecule has 6 heteroatoms. The third-order valence-corrected chi connectivity index (χ3v) is 3.67. The van der Waals surface area contributed by atoms with Gasteiger partial charge in [-0.05, 0) is 43.3 Å². The lowest BCUT2D eigenvalue weighted by Crippen LogP contribution is -2.13. The van der Waals surface area contributed by atoms with E-state index in [9.17, 15) is 9.59 Å². The van der Waals surface area contributed by atoms with Gasteiger partial charge in [-0.25, -0.2) is 4.98 Å². The first-order valence-electron chi connectivity index (χ1n) is 7.16. The number of anilines is 1. The van der Waals surface area contributed by atoms with E-state index in [4.69, 9.17) is 16.0 Å². The van der Waals surface area contributed by atoms with Gasteiger partial charge in [0.1, 0.15) is 0 Å². The number of nitrogens with one attached hydrogen (secondary N) is 1. The SMILES string of the molecule is CC(=O)c1cccc(NC(=O)c2ncoc2-c2ccc(Cl)cc2)c1. The van der Waals surface area contributed by atoms with Crippen LogP contribution in [-0.2, 0) is 0 Å². The third-order valence-electron chi connectivity index (χ3n) is 3.42. The average Bonchev–Trinajstić information content (AvgIpc) is 3.05. The van der Waals surface area contributed by atoms with Crippen molar-refractivity contribution in [1.82, 2.24) is 4.98 Å². The van der Waals surface area contributed by atoms with Gasteiger partial charge in [-0.2, -0.15) is 0 Å². The van der Waals surface area contributed by atoms with Gasteiger partial charge in [-0.15, -0.1) is 0 Å². The minimum Gasteiger partial charge on any atom is -0.443 e. The Balaban J connectivity index is 1.86. The number of ketones is 1. The van der Waals surface area contributed by atoms with Crippen molar-refractivity contribution in [2.24, 2.45) is 0 Å². The van der Waals surface area contributed by atoms with E-state index >= 15 is 0 Å². The first-order valence-corrected chi connectivity index (χ1v) is 7.54. The summed E-state index contributed by atoms with van der Waals surface area (Å²) in [5.74, 6) is -0.143. The predicted molar refractivity (Wildman–Crippen MR) is 91.3 cm³/mol. The van der Waals surface area contributed by atoms with E-state index in [1.54, 1.807) is 48.5 Å². The Morgan fingerprint density at radius 3 is 2.58 bits per heavy atom. The van der Waals surface area contributed by atoms with Gasteiger partial charge in [0.15, 0.2) is 23.6 Å². The fourth-order valence-electron chi connectivity index (χ4n) is 2.22. The minimum atomic E-state index is -0.422. The summed E-state index contributed by atoms with van der Waals surface area (Å²) in [5.41, 5.74) is 1.88. The number of hydrogen-bond acceptors (Lipinski definition) is 4. The van der Waals surface area contributed by atoms with Crippen molar-refractivity contribution in [1.29, 1.82) is 0 Å². The second-order valence-electron chi connectivity index (χ2n) is 5.13. The molecule has 0 radical (unpaired) electrons. The van der Waals surface area contributed by atoms with Gasteiger partial charge in [0.05, 0.1) is 0 Å². The molecule has 0 aliphatic heterocycles. The molecule has 0 atom stereocenters. The number of halogens is 1. The van der Waals surface area contributed by atoms with Gasteiger partial charge in [0, 0.05) is 21.8 Å². The summed E-state index contributed by atoms with van der Waals surface area (Å²) in [5, 5.41) is 3.31. The van der Waals surface area contributed by atoms with Crippen LogP contribution in [0.5, 0.6) is 0 Å². The minimum absolute atomic E-state index is 0.0746. The molecule has 1 heterocycles. The quantitative estimate of drug-likeness (QED) is 0.712. The van der Waals surface area contributed by atoms with E-state index < -0.39 is 5.91 Å². The van der Waals surface area contributed by atoms with Gasteiger partial charge < -0.3 is 9.73 Å². The highest BCUT2D eigenvalue weighted by Crippen LogP contribution is 2.25. The molecule has 24 heavy (non-hydrogen) atoms. The van der Waals surface area contributed by atoms with E-state index in [0.29, 0.717) is 27.6 Å². The molecule has 3 aromatic rings. The molecule has 120 valence electrons. The molecule has 1 aromatic heterocycles. The van der Waals surface area contributed by atoms with Gasteiger partial charge in [0.25, 0.3) is 5.91 Å². The summed E-state index contributed by atoms with van der Waals surface area (Å²) in [6, 6.07) is 13.6.